The number of benzene rings is 1. The molecule has 0 saturated carbocycles. The zero-order valence-corrected chi connectivity index (χ0v) is 18.2. The minimum absolute atomic E-state index is 0.478. The van der Waals surface area contributed by atoms with Crippen LogP contribution in [0.2, 0.25) is 10.0 Å². The molecule has 0 radical (unpaired) electrons. The van der Waals surface area contributed by atoms with Gasteiger partial charge in [0.2, 0.25) is 5.95 Å². The lowest BCUT2D eigenvalue weighted by Crippen LogP contribution is -2.16. The van der Waals surface area contributed by atoms with Gasteiger partial charge in [-0.05, 0) is 30.3 Å². The number of nitrogens with zero attached hydrogens (tertiary/aromatic N) is 5. The number of aryl methyl sites for hydroxylation is 1. The van der Waals surface area contributed by atoms with Crippen molar-refractivity contribution in [1.29, 1.82) is 0 Å². The standard InChI is InChI=1S/C21H20Cl2N8/c1-31-9-8-26-20(31)16-12-29-21(27-7-6-25-18-5-3-14(24)11-28-18)30-19(16)15-4-2-13(22)10-17(15)23/h2-5,8-12H,6-7,24H2,1H3,(H,25,28)(H,27,29,30). The third kappa shape index (κ3) is 4.87. The number of hydrogen-bond acceptors (Lipinski definition) is 7. The van der Waals surface area contributed by atoms with E-state index in [4.69, 9.17) is 33.9 Å². The van der Waals surface area contributed by atoms with E-state index >= 15 is 0 Å². The molecule has 0 fully saturated rings. The third-order valence-electron chi connectivity index (χ3n) is 4.54. The molecule has 3 aromatic heterocycles. The normalized spacial score (nSPS) is 10.8. The van der Waals surface area contributed by atoms with Crippen molar-refractivity contribution in [3.63, 3.8) is 0 Å². The summed E-state index contributed by atoms with van der Waals surface area (Å²) in [5, 5.41) is 7.49. The molecule has 0 amide bonds. The van der Waals surface area contributed by atoms with Gasteiger partial charge in [-0.25, -0.2) is 19.9 Å². The predicted molar refractivity (Wildman–Crippen MR) is 125 cm³/mol. The Labute approximate surface area is 189 Å². The second-order valence-electron chi connectivity index (χ2n) is 6.77. The van der Waals surface area contributed by atoms with E-state index in [1.807, 2.05) is 29.9 Å². The molecule has 10 heteroatoms. The van der Waals surface area contributed by atoms with Crippen LogP contribution in [0, 0.1) is 0 Å². The summed E-state index contributed by atoms with van der Waals surface area (Å²) in [7, 11) is 1.92. The largest absolute Gasteiger partial charge is 0.397 e. The molecule has 4 rings (SSSR count). The van der Waals surface area contributed by atoms with Crippen molar-refractivity contribution < 1.29 is 0 Å². The lowest BCUT2D eigenvalue weighted by Gasteiger charge is -2.13. The fourth-order valence-electron chi connectivity index (χ4n) is 3.02. The Morgan fingerprint density at radius 1 is 0.968 bits per heavy atom. The lowest BCUT2D eigenvalue weighted by atomic mass is 10.1. The number of nitrogens with two attached hydrogens (primary N) is 1. The van der Waals surface area contributed by atoms with Gasteiger partial charge >= 0.3 is 0 Å². The Balaban J connectivity index is 1.57. The molecule has 0 atom stereocenters. The van der Waals surface area contributed by atoms with Crippen molar-refractivity contribution in [2.24, 2.45) is 7.05 Å². The number of imidazole rings is 1. The summed E-state index contributed by atoms with van der Waals surface area (Å²) in [6.45, 7) is 1.21. The summed E-state index contributed by atoms with van der Waals surface area (Å²) >= 11 is 12.6. The van der Waals surface area contributed by atoms with E-state index < -0.39 is 0 Å². The fourth-order valence-corrected chi connectivity index (χ4v) is 3.52. The molecule has 31 heavy (non-hydrogen) atoms. The topological polar surface area (TPSA) is 107 Å². The molecule has 0 aliphatic carbocycles. The molecule has 0 spiro atoms. The molecule has 0 aliphatic heterocycles. The number of hydrogen-bond donors (Lipinski definition) is 3. The lowest BCUT2D eigenvalue weighted by molar-refractivity contribution is 0.921. The van der Waals surface area contributed by atoms with Gasteiger partial charge in [0.05, 0.1) is 28.2 Å². The van der Waals surface area contributed by atoms with Gasteiger partial charge in [-0.15, -0.1) is 0 Å². The number of nitrogen functional groups attached to an aromatic ring is 1. The van der Waals surface area contributed by atoms with Gasteiger partial charge < -0.3 is 20.9 Å². The molecular weight excluding hydrogens is 435 g/mol. The van der Waals surface area contributed by atoms with Crippen molar-refractivity contribution in [2.75, 3.05) is 29.5 Å². The maximum absolute atomic E-state index is 6.48. The minimum atomic E-state index is 0.478. The van der Waals surface area contributed by atoms with Gasteiger partial charge in [0.25, 0.3) is 0 Å². The van der Waals surface area contributed by atoms with Crippen LogP contribution in [0.1, 0.15) is 0 Å². The first-order valence-corrected chi connectivity index (χ1v) is 10.3. The molecule has 8 nitrogen and oxygen atoms in total. The highest BCUT2D eigenvalue weighted by Gasteiger charge is 2.17. The molecule has 0 bridgehead atoms. The van der Waals surface area contributed by atoms with Gasteiger partial charge in [-0.3, -0.25) is 0 Å². The van der Waals surface area contributed by atoms with Gasteiger partial charge in [-0.1, -0.05) is 23.2 Å². The highest BCUT2D eigenvalue weighted by atomic mass is 35.5. The number of rotatable bonds is 7. The number of anilines is 3. The molecule has 0 unspecified atom stereocenters. The van der Waals surface area contributed by atoms with E-state index in [0.29, 0.717) is 40.5 Å². The maximum atomic E-state index is 6.48. The quantitative estimate of drug-likeness (QED) is 0.356. The van der Waals surface area contributed by atoms with Gasteiger partial charge in [0, 0.05) is 49.3 Å². The number of nitrogens with one attached hydrogen (secondary N) is 2. The van der Waals surface area contributed by atoms with Crippen LogP contribution < -0.4 is 16.4 Å². The summed E-state index contributed by atoms with van der Waals surface area (Å²) in [5.41, 5.74) is 8.46. The van der Waals surface area contributed by atoms with Crippen molar-refractivity contribution in [2.45, 2.75) is 0 Å². The summed E-state index contributed by atoms with van der Waals surface area (Å²) in [5.74, 6) is 1.96. The van der Waals surface area contributed by atoms with Crippen LogP contribution in [0.5, 0.6) is 0 Å². The molecule has 4 aromatic rings. The van der Waals surface area contributed by atoms with E-state index in [0.717, 1.165) is 22.8 Å². The SMILES string of the molecule is Cn1ccnc1-c1cnc(NCCNc2ccc(N)cn2)nc1-c1ccc(Cl)cc1Cl. The highest BCUT2D eigenvalue weighted by molar-refractivity contribution is 6.36. The average molecular weight is 455 g/mol. The smallest absolute Gasteiger partial charge is 0.223 e. The van der Waals surface area contributed by atoms with Crippen molar-refractivity contribution >= 4 is 40.7 Å². The van der Waals surface area contributed by atoms with Crippen molar-refractivity contribution in [1.82, 2.24) is 24.5 Å². The van der Waals surface area contributed by atoms with E-state index in [2.05, 4.69) is 25.6 Å². The summed E-state index contributed by atoms with van der Waals surface area (Å²) in [6, 6.07) is 8.94. The summed E-state index contributed by atoms with van der Waals surface area (Å²) in [6.07, 6.45) is 6.95. The fraction of sp³-hybridized carbons (Fsp3) is 0.143. The first-order valence-electron chi connectivity index (χ1n) is 9.50. The Bertz CT molecular complexity index is 1190. The highest BCUT2D eigenvalue weighted by Crippen LogP contribution is 2.35. The van der Waals surface area contributed by atoms with Crippen LogP contribution in [0.3, 0.4) is 0 Å². The van der Waals surface area contributed by atoms with E-state index in [1.54, 1.807) is 36.8 Å². The van der Waals surface area contributed by atoms with Gasteiger partial charge in [0.1, 0.15) is 11.6 Å². The second-order valence-corrected chi connectivity index (χ2v) is 7.62. The van der Waals surface area contributed by atoms with Crippen LogP contribution in [-0.4, -0.2) is 37.6 Å². The number of aromatic nitrogens is 5. The van der Waals surface area contributed by atoms with Gasteiger partial charge in [-0.2, -0.15) is 0 Å². The van der Waals surface area contributed by atoms with E-state index in [-0.39, 0.29) is 0 Å². The van der Waals surface area contributed by atoms with E-state index in [1.165, 1.54) is 0 Å². The van der Waals surface area contributed by atoms with Gasteiger partial charge in [0.15, 0.2) is 0 Å². The molecule has 4 N–H and O–H groups in total. The molecule has 1 aromatic carbocycles. The Morgan fingerprint density at radius 3 is 2.52 bits per heavy atom. The van der Waals surface area contributed by atoms with Crippen molar-refractivity contribution in [3.8, 4) is 22.6 Å². The molecule has 0 saturated heterocycles. The van der Waals surface area contributed by atoms with Crippen LogP contribution in [-0.2, 0) is 7.05 Å². The Hall–Kier alpha value is -3.36. The van der Waals surface area contributed by atoms with Crippen LogP contribution in [0.15, 0.2) is 55.1 Å². The molecule has 158 valence electrons. The van der Waals surface area contributed by atoms with E-state index in [9.17, 15) is 0 Å². The maximum Gasteiger partial charge on any atom is 0.223 e. The molecule has 0 aliphatic rings. The zero-order valence-electron chi connectivity index (χ0n) is 16.7. The second kappa shape index (κ2) is 9.20. The number of halogens is 2. The number of pyridine rings is 1. The average Bonchev–Trinajstić information content (AvgIpc) is 3.18. The zero-order chi connectivity index (χ0) is 21.8. The minimum Gasteiger partial charge on any atom is -0.397 e. The summed E-state index contributed by atoms with van der Waals surface area (Å²) in [4.78, 5) is 17.8. The Kier molecular flexibility index (Phi) is 6.20. The predicted octanol–water partition coefficient (Wildman–Crippen LogP) is 4.35. The van der Waals surface area contributed by atoms with Crippen molar-refractivity contribution in [3.05, 3.63) is 65.2 Å². The molecule has 3 heterocycles. The summed E-state index contributed by atoms with van der Waals surface area (Å²) < 4.78 is 1.91. The molecular formula is C21H20Cl2N8. The first-order chi connectivity index (χ1) is 15.0. The third-order valence-corrected chi connectivity index (χ3v) is 5.09. The van der Waals surface area contributed by atoms with Crippen LogP contribution in [0.4, 0.5) is 17.5 Å². The first kappa shape index (κ1) is 20.9. The monoisotopic (exact) mass is 454 g/mol. The Morgan fingerprint density at radius 2 is 1.81 bits per heavy atom. The van der Waals surface area contributed by atoms with Crippen LogP contribution in [0.25, 0.3) is 22.6 Å². The van der Waals surface area contributed by atoms with Crippen LogP contribution >= 0.6 is 23.2 Å².